The molecular weight excluding hydrogens is 457 g/mol. The molecule has 1 aliphatic rings. The highest BCUT2D eigenvalue weighted by Gasteiger charge is 2.29. The summed E-state index contributed by atoms with van der Waals surface area (Å²) in [5, 5.41) is 21.9. The van der Waals surface area contributed by atoms with Crippen molar-refractivity contribution in [2.75, 3.05) is 6.61 Å². The molecule has 0 bridgehead atoms. The number of hydrogen-bond donors (Lipinski definition) is 2. The number of hydrogen-bond acceptors (Lipinski definition) is 5. The van der Waals surface area contributed by atoms with Crippen LogP contribution in [0.2, 0.25) is 0 Å². The van der Waals surface area contributed by atoms with Gasteiger partial charge >= 0.3 is 5.97 Å². The van der Waals surface area contributed by atoms with Crippen molar-refractivity contribution in [2.24, 2.45) is 5.92 Å². The summed E-state index contributed by atoms with van der Waals surface area (Å²) >= 11 is 0. The van der Waals surface area contributed by atoms with Crippen LogP contribution in [0.1, 0.15) is 63.1 Å². The molecule has 1 fully saturated rings. The lowest BCUT2D eigenvalue weighted by atomic mass is 9.92. The molecule has 1 aliphatic carbocycles. The summed E-state index contributed by atoms with van der Waals surface area (Å²) in [6.45, 7) is 4.43. The second-order valence-corrected chi connectivity index (χ2v) is 10.0. The topological polar surface area (TPSA) is 79.7 Å². The van der Waals surface area contributed by atoms with E-state index in [9.17, 15) is 19.4 Å². The standard InChI is InChI=1S/C30H34FNO4/c1-19(2)15-16-36-28(35)18-24(34)17-23(33)13-14-26-29(20-9-11-22(31)12-10-20)25-5-3-4-6-27(25)32-30(26)21-7-8-21/h3-6,9-14,19,21,23-24,33-34H,7-8,15-18H2,1-2H3/b14-13+/t23-,24-/m1/s1. The van der Waals surface area contributed by atoms with E-state index in [2.05, 4.69) is 0 Å². The highest BCUT2D eigenvalue weighted by Crippen LogP contribution is 2.45. The van der Waals surface area contributed by atoms with E-state index in [1.807, 2.05) is 44.2 Å². The molecule has 6 heteroatoms. The van der Waals surface area contributed by atoms with Gasteiger partial charge in [-0.05, 0) is 48.9 Å². The Labute approximate surface area is 211 Å². The van der Waals surface area contributed by atoms with Crippen molar-refractivity contribution in [3.05, 3.63) is 71.7 Å². The number of carbonyl (C=O) groups excluding carboxylic acids is 1. The molecule has 0 spiro atoms. The number of halogens is 1. The Kier molecular flexibility index (Phi) is 8.49. The summed E-state index contributed by atoms with van der Waals surface area (Å²) in [6.07, 6.45) is 4.25. The van der Waals surface area contributed by atoms with E-state index in [0.717, 1.165) is 52.5 Å². The van der Waals surface area contributed by atoms with Gasteiger partial charge < -0.3 is 14.9 Å². The lowest BCUT2D eigenvalue weighted by molar-refractivity contribution is -0.146. The molecule has 0 unspecified atom stereocenters. The van der Waals surface area contributed by atoms with E-state index in [4.69, 9.17) is 9.72 Å². The number of para-hydroxylation sites is 1. The van der Waals surface area contributed by atoms with Gasteiger partial charge in [0.2, 0.25) is 0 Å². The Hall–Kier alpha value is -3.09. The number of benzene rings is 2. The SMILES string of the molecule is CC(C)CCOC(=O)C[C@H](O)C[C@H](O)/C=C/c1c(C2CC2)nc2ccccc2c1-c1ccc(F)cc1. The van der Waals surface area contributed by atoms with Crippen LogP contribution in [-0.4, -0.2) is 40.0 Å². The summed E-state index contributed by atoms with van der Waals surface area (Å²) < 4.78 is 18.9. The molecule has 1 heterocycles. The van der Waals surface area contributed by atoms with Crippen molar-refractivity contribution < 1.29 is 24.1 Å². The highest BCUT2D eigenvalue weighted by molar-refractivity contribution is 5.99. The number of pyridine rings is 1. The minimum atomic E-state index is -1.01. The fourth-order valence-electron chi connectivity index (χ4n) is 4.32. The first-order chi connectivity index (χ1) is 17.3. The van der Waals surface area contributed by atoms with E-state index in [1.165, 1.54) is 12.1 Å². The van der Waals surface area contributed by atoms with Crippen LogP contribution in [0, 0.1) is 11.7 Å². The minimum absolute atomic E-state index is 0.0153. The highest BCUT2D eigenvalue weighted by atomic mass is 19.1. The maximum absolute atomic E-state index is 13.7. The summed E-state index contributed by atoms with van der Waals surface area (Å²) in [6, 6.07) is 14.3. The maximum atomic E-state index is 13.7. The van der Waals surface area contributed by atoms with Gasteiger partial charge in [-0.15, -0.1) is 0 Å². The van der Waals surface area contributed by atoms with Crippen molar-refractivity contribution in [3.63, 3.8) is 0 Å². The van der Waals surface area contributed by atoms with Gasteiger partial charge in [0.05, 0.1) is 36.4 Å². The molecule has 5 nitrogen and oxygen atoms in total. The van der Waals surface area contributed by atoms with Gasteiger partial charge in [0.25, 0.3) is 0 Å². The predicted molar refractivity (Wildman–Crippen MR) is 140 cm³/mol. The van der Waals surface area contributed by atoms with Crippen molar-refractivity contribution in [3.8, 4) is 11.1 Å². The van der Waals surface area contributed by atoms with E-state index < -0.39 is 18.2 Å². The molecule has 0 amide bonds. The Morgan fingerprint density at radius 1 is 1.14 bits per heavy atom. The molecule has 1 aromatic heterocycles. The average Bonchev–Trinajstić information content (AvgIpc) is 3.67. The maximum Gasteiger partial charge on any atom is 0.308 e. The number of esters is 1. The molecule has 0 aliphatic heterocycles. The summed E-state index contributed by atoms with van der Waals surface area (Å²) in [4.78, 5) is 16.9. The third kappa shape index (κ3) is 6.77. The molecule has 3 aromatic rings. The van der Waals surface area contributed by atoms with Gasteiger partial charge in [0, 0.05) is 28.9 Å². The number of rotatable bonds is 11. The third-order valence-corrected chi connectivity index (χ3v) is 6.42. The Morgan fingerprint density at radius 2 is 1.86 bits per heavy atom. The second kappa shape index (κ2) is 11.8. The van der Waals surface area contributed by atoms with Crippen LogP contribution in [0.25, 0.3) is 28.1 Å². The van der Waals surface area contributed by atoms with Crippen LogP contribution >= 0.6 is 0 Å². The number of fused-ring (bicyclic) bond motifs is 1. The van der Waals surface area contributed by atoms with E-state index in [-0.39, 0.29) is 18.7 Å². The molecule has 2 N–H and O–H groups in total. The number of nitrogens with zero attached hydrogens (tertiary/aromatic N) is 1. The van der Waals surface area contributed by atoms with Crippen molar-refractivity contribution >= 4 is 22.9 Å². The first kappa shape index (κ1) is 26.0. The third-order valence-electron chi connectivity index (χ3n) is 6.42. The summed E-state index contributed by atoms with van der Waals surface area (Å²) in [7, 11) is 0. The molecule has 0 saturated heterocycles. The summed E-state index contributed by atoms with van der Waals surface area (Å²) in [5.74, 6) is 0.00726. The summed E-state index contributed by atoms with van der Waals surface area (Å²) in [5.41, 5.74) is 4.55. The fourth-order valence-corrected chi connectivity index (χ4v) is 4.32. The number of ether oxygens (including phenoxy) is 1. The predicted octanol–water partition coefficient (Wildman–Crippen LogP) is 6.02. The molecule has 0 radical (unpaired) electrons. The van der Waals surface area contributed by atoms with Gasteiger partial charge in [-0.1, -0.05) is 56.3 Å². The Morgan fingerprint density at radius 3 is 2.56 bits per heavy atom. The fraction of sp³-hybridized carbons (Fsp3) is 0.400. The van der Waals surface area contributed by atoms with Crippen LogP contribution < -0.4 is 0 Å². The lowest BCUT2D eigenvalue weighted by Gasteiger charge is -2.17. The van der Waals surface area contributed by atoms with Crippen molar-refractivity contribution in [1.82, 2.24) is 4.98 Å². The quantitative estimate of drug-likeness (QED) is 0.321. The van der Waals surface area contributed by atoms with Gasteiger partial charge in [-0.25, -0.2) is 4.39 Å². The van der Waals surface area contributed by atoms with Gasteiger partial charge in [-0.2, -0.15) is 0 Å². The molecule has 2 aromatic carbocycles. The lowest BCUT2D eigenvalue weighted by Crippen LogP contribution is -2.21. The smallest absolute Gasteiger partial charge is 0.308 e. The monoisotopic (exact) mass is 491 g/mol. The second-order valence-electron chi connectivity index (χ2n) is 10.0. The van der Waals surface area contributed by atoms with Crippen LogP contribution in [0.15, 0.2) is 54.6 Å². The van der Waals surface area contributed by atoms with Gasteiger partial charge in [-0.3, -0.25) is 9.78 Å². The minimum Gasteiger partial charge on any atom is -0.466 e. The molecule has 4 rings (SSSR count). The normalized spacial score (nSPS) is 15.5. The Bertz CT molecular complexity index is 1220. The van der Waals surface area contributed by atoms with Gasteiger partial charge in [0.15, 0.2) is 0 Å². The molecule has 1 saturated carbocycles. The van der Waals surface area contributed by atoms with E-state index in [1.54, 1.807) is 18.2 Å². The van der Waals surface area contributed by atoms with Gasteiger partial charge in [0.1, 0.15) is 5.82 Å². The van der Waals surface area contributed by atoms with Crippen LogP contribution in [0.4, 0.5) is 4.39 Å². The van der Waals surface area contributed by atoms with Crippen molar-refractivity contribution in [2.45, 2.75) is 64.1 Å². The van der Waals surface area contributed by atoms with Crippen LogP contribution in [0.5, 0.6) is 0 Å². The molecule has 2 atom stereocenters. The van der Waals surface area contributed by atoms with E-state index in [0.29, 0.717) is 18.4 Å². The first-order valence-electron chi connectivity index (χ1n) is 12.7. The zero-order valence-corrected chi connectivity index (χ0v) is 20.9. The molecular formula is C30H34FNO4. The number of carbonyl (C=O) groups is 1. The number of aliphatic hydroxyl groups is 2. The Balaban J connectivity index is 1.57. The average molecular weight is 492 g/mol. The number of aromatic nitrogens is 1. The zero-order chi connectivity index (χ0) is 25.7. The van der Waals surface area contributed by atoms with Crippen LogP contribution in [0.3, 0.4) is 0 Å². The first-order valence-corrected chi connectivity index (χ1v) is 12.7. The molecule has 36 heavy (non-hydrogen) atoms. The van der Waals surface area contributed by atoms with Crippen molar-refractivity contribution in [1.29, 1.82) is 0 Å². The van der Waals surface area contributed by atoms with E-state index >= 15 is 0 Å². The zero-order valence-electron chi connectivity index (χ0n) is 20.9. The molecule has 190 valence electrons. The van der Waals surface area contributed by atoms with Crippen LogP contribution in [-0.2, 0) is 9.53 Å². The number of aliphatic hydroxyl groups excluding tert-OH is 2. The largest absolute Gasteiger partial charge is 0.466 e.